The number of urea groups is 1. The Morgan fingerprint density at radius 1 is 1.47 bits per heavy atom. The van der Waals surface area contributed by atoms with E-state index in [4.69, 9.17) is 5.73 Å². The van der Waals surface area contributed by atoms with Gasteiger partial charge in [-0.15, -0.1) is 0 Å². The SMILES string of the molecule is NC1(C(=O)NCCCN2C(=O)CNC2=O)CC1. The Morgan fingerprint density at radius 3 is 2.71 bits per heavy atom. The highest BCUT2D eigenvalue weighted by atomic mass is 16.2. The van der Waals surface area contributed by atoms with Crippen LogP contribution in [0.3, 0.4) is 0 Å². The lowest BCUT2D eigenvalue weighted by Gasteiger charge is -2.13. The first-order valence-corrected chi connectivity index (χ1v) is 5.68. The van der Waals surface area contributed by atoms with Crippen molar-refractivity contribution in [2.45, 2.75) is 24.8 Å². The Hall–Kier alpha value is -1.63. The minimum Gasteiger partial charge on any atom is -0.354 e. The Balaban J connectivity index is 1.64. The van der Waals surface area contributed by atoms with Crippen molar-refractivity contribution < 1.29 is 14.4 Å². The van der Waals surface area contributed by atoms with Crippen LogP contribution in [0.25, 0.3) is 0 Å². The molecule has 17 heavy (non-hydrogen) atoms. The van der Waals surface area contributed by atoms with Crippen LogP contribution in [0.2, 0.25) is 0 Å². The monoisotopic (exact) mass is 240 g/mol. The van der Waals surface area contributed by atoms with E-state index in [0.717, 1.165) is 17.7 Å². The van der Waals surface area contributed by atoms with Gasteiger partial charge in [-0.1, -0.05) is 0 Å². The maximum Gasteiger partial charge on any atom is 0.324 e. The molecule has 2 aliphatic rings. The minimum absolute atomic E-state index is 0.0666. The van der Waals surface area contributed by atoms with E-state index < -0.39 is 5.54 Å². The molecule has 0 aromatic carbocycles. The van der Waals surface area contributed by atoms with E-state index in [-0.39, 0.29) is 24.4 Å². The van der Waals surface area contributed by atoms with Crippen molar-refractivity contribution >= 4 is 17.8 Å². The molecular formula is C10H16N4O3. The number of hydrogen-bond donors (Lipinski definition) is 3. The van der Waals surface area contributed by atoms with Gasteiger partial charge in [-0.3, -0.25) is 14.5 Å². The maximum absolute atomic E-state index is 11.5. The summed E-state index contributed by atoms with van der Waals surface area (Å²) >= 11 is 0. The zero-order valence-electron chi connectivity index (χ0n) is 9.49. The summed E-state index contributed by atoms with van der Waals surface area (Å²) in [6.07, 6.45) is 2.00. The second kappa shape index (κ2) is 4.33. The molecule has 4 N–H and O–H groups in total. The molecule has 2 rings (SSSR count). The number of nitrogens with zero attached hydrogens (tertiary/aromatic N) is 1. The van der Waals surface area contributed by atoms with Crippen LogP contribution in [0.4, 0.5) is 4.79 Å². The molecule has 0 atom stereocenters. The molecule has 7 nitrogen and oxygen atoms in total. The quantitative estimate of drug-likeness (QED) is 0.403. The van der Waals surface area contributed by atoms with Gasteiger partial charge in [-0.25, -0.2) is 4.79 Å². The average Bonchev–Trinajstić information content (AvgIpc) is 2.97. The van der Waals surface area contributed by atoms with Gasteiger partial charge < -0.3 is 16.4 Å². The van der Waals surface area contributed by atoms with Crippen molar-refractivity contribution in [2.24, 2.45) is 5.73 Å². The molecule has 1 aliphatic heterocycles. The van der Waals surface area contributed by atoms with Gasteiger partial charge in [-0.2, -0.15) is 0 Å². The summed E-state index contributed by atoms with van der Waals surface area (Å²) in [7, 11) is 0. The highest BCUT2D eigenvalue weighted by molar-refractivity contribution is 6.01. The highest BCUT2D eigenvalue weighted by Gasteiger charge is 2.45. The van der Waals surface area contributed by atoms with Crippen LogP contribution in [0, 0.1) is 0 Å². The third kappa shape index (κ3) is 2.55. The van der Waals surface area contributed by atoms with Crippen LogP contribution >= 0.6 is 0 Å². The van der Waals surface area contributed by atoms with Crippen molar-refractivity contribution in [3.8, 4) is 0 Å². The summed E-state index contributed by atoms with van der Waals surface area (Å²) in [5, 5.41) is 5.14. The maximum atomic E-state index is 11.5. The summed E-state index contributed by atoms with van der Waals surface area (Å²) in [5.41, 5.74) is 5.03. The summed E-state index contributed by atoms with van der Waals surface area (Å²) in [6, 6.07) is -0.362. The topological polar surface area (TPSA) is 105 Å². The van der Waals surface area contributed by atoms with Crippen molar-refractivity contribution in [3.05, 3.63) is 0 Å². The fraction of sp³-hybridized carbons (Fsp3) is 0.700. The normalized spacial score (nSPS) is 21.4. The third-order valence-electron chi connectivity index (χ3n) is 3.02. The predicted octanol–water partition coefficient (Wildman–Crippen LogP) is -1.46. The number of carbonyl (C=O) groups excluding carboxylic acids is 3. The molecule has 0 spiro atoms. The van der Waals surface area contributed by atoms with Crippen LogP contribution in [0.5, 0.6) is 0 Å². The number of amides is 4. The van der Waals surface area contributed by atoms with Crippen LogP contribution in [0.1, 0.15) is 19.3 Å². The number of nitrogens with two attached hydrogens (primary N) is 1. The van der Waals surface area contributed by atoms with E-state index in [1.807, 2.05) is 0 Å². The van der Waals surface area contributed by atoms with E-state index in [0.29, 0.717) is 19.5 Å². The summed E-state index contributed by atoms with van der Waals surface area (Å²) < 4.78 is 0. The molecule has 0 radical (unpaired) electrons. The third-order valence-corrected chi connectivity index (χ3v) is 3.02. The molecule has 1 saturated carbocycles. The Morgan fingerprint density at radius 2 is 2.18 bits per heavy atom. The van der Waals surface area contributed by atoms with Gasteiger partial charge in [0, 0.05) is 13.1 Å². The second-order valence-corrected chi connectivity index (χ2v) is 4.47. The molecule has 0 aromatic rings. The van der Waals surface area contributed by atoms with Crippen molar-refractivity contribution in [2.75, 3.05) is 19.6 Å². The molecule has 1 saturated heterocycles. The summed E-state index contributed by atoms with van der Waals surface area (Å²) in [6.45, 7) is 0.814. The minimum atomic E-state index is -0.666. The van der Waals surface area contributed by atoms with Crippen molar-refractivity contribution in [3.63, 3.8) is 0 Å². The van der Waals surface area contributed by atoms with E-state index in [9.17, 15) is 14.4 Å². The van der Waals surface area contributed by atoms with E-state index in [2.05, 4.69) is 10.6 Å². The Labute approximate surface area is 98.7 Å². The van der Waals surface area contributed by atoms with Gasteiger partial charge in [0.15, 0.2) is 0 Å². The first-order chi connectivity index (χ1) is 8.03. The first kappa shape index (κ1) is 11.8. The van der Waals surface area contributed by atoms with Crippen LogP contribution in [0.15, 0.2) is 0 Å². The number of nitrogens with one attached hydrogen (secondary N) is 2. The molecule has 0 unspecified atom stereocenters. The Bertz CT molecular complexity index is 349. The summed E-state index contributed by atoms with van der Waals surface area (Å²) in [5.74, 6) is -0.367. The zero-order chi connectivity index (χ0) is 12.5. The largest absolute Gasteiger partial charge is 0.354 e. The lowest BCUT2D eigenvalue weighted by atomic mass is 10.2. The molecular weight excluding hydrogens is 224 g/mol. The standard InChI is InChI=1S/C10H16N4O3/c11-10(2-3-10)8(16)12-4-1-5-14-7(15)6-13-9(14)17/h1-6,11H2,(H,12,16)(H,13,17). The average molecular weight is 240 g/mol. The molecule has 0 bridgehead atoms. The fourth-order valence-corrected chi connectivity index (χ4v) is 1.66. The van der Waals surface area contributed by atoms with Gasteiger partial charge in [0.05, 0.1) is 12.1 Å². The first-order valence-electron chi connectivity index (χ1n) is 5.68. The van der Waals surface area contributed by atoms with Crippen LogP contribution in [-0.2, 0) is 9.59 Å². The zero-order valence-corrected chi connectivity index (χ0v) is 9.49. The van der Waals surface area contributed by atoms with Crippen LogP contribution < -0.4 is 16.4 Å². The molecule has 94 valence electrons. The molecule has 2 fully saturated rings. The van der Waals surface area contributed by atoms with Gasteiger partial charge in [-0.05, 0) is 19.3 Å². The molecule has 4 amide bonds. The lowest BCUT2D eigenvalue weighted by molar-refractivity contribution is -0.125. The Kier molecular flexibility index (Phi) is 3.01. The number of imide groups is 1. The van der Waals surface area contributed by atoms with Gasteiger partial charge in [0.2, 0.25) is 11.8 Å². The number of rotatable bonds is 5. The molecule has 1 heterocycles. The second-order valence-electron chi connectivity index (χ2n) is 4.47. The van der Waals surface area contributed by atoms with Gasteiger partial charge in [0.1, 0.15) is 0 Å². The molecule has 7 heteroatoms. The number of hydrogen-bond acceptors (Lipinski definition) is 4. The predicted molar refractivity (Wildman–Crippen MR) is 58.9 cm³/mol. The fourth-order valence-electron chi connectivity index (χ4n) is 1.66. The van der Waals surface area contributed by atoms with E-state index in [1.54, 1.807) is 0 Å². The smallest absolute Gasteiger partial charge is 0.324 e. The summed E-state index contributed by atoms with van der Waals surface area (Å²) in [4.78, 5) is 35.0. The van der Waals surface area contributed by atoms with Crippen molar-refractivity contribution in [1.82, 2.24) is 15.5 Å². The lowest BCUT2D eigenvalue weighted by Crippen LogP contribution is -2.43. The van der Waals surface area contributed by atoms with E-state index >= 15 is 0 Å². The highest BCUT2D eigenvalue weighted by Crippen LogP contribution is 2.31. The van der Waals surface area contributed by atoms with Crippen molar-refractivity contribution in [1.29, 1.82) is 0 Å². The van der Waals surface area contributed by atoms with E-state index in [1.165, 1.54) is 0 Å². The molecule has 1 aliphatic carbocycles. The van der Waals surface area contributed by atoms with Gasteiger partial charge >= 0.3 is 6.03 Å². The number of carbonyl (C=O) groups is 3. The van der Waals surface area contributed by atoms with Gasteiger partial charge in [0.25, 0.3) is 0 Å². The van der Waals surface area contributed by atoms with Crippen LogP contribution in [-0.4, -0.2) is 47.9 Å². The molecule has 0 aromatic heterocycles.